The van der Waals surface area contributed by atoms with Crippen molar-refractivity contribution in [2.24, 2.45) is 0 Å². The molecule has 1 fully saturated rings. The number of halogens is 1. The summed E-state index contributed by atoms with van der Waals surface area (Å²) in [5.74, 6) is 0.498. The Morgan fingerprint density at radius 2 is 1.71 bits per heavy atom. The minimum Gasteiger partial charge on any atom is -0.494 e. The number of fused-ring (bicyclic) bond motifs is 3. The van der Waals surface area contributed by atoms with E-state index in [0.29, 0.717) is 25.3 Å². The average molecular weight is 418 g/mol. The highest BCUT2D eigenvalue weighted by Gasteiger charge is 2.59. The minimum atomic E-state index is -0.849. The molecule has 6 heteroatoms. The second-order valence-electron chi connectivity index (χ2n) is 7.63. The molecular weight excluding hydrogens is 395 g/mol. The zero-order chi connectivity index (χ0) is 21.4. The second-order valence-corrected chi connectivity index (χ2v) is 7.63. The highest BCUT2D eigenvalue weighted by atomic mass is 19.1. The van der Waals surface area contributed by atoms with E-state index in [2.05, 4.69) is 0 Å². The molecule has 31 heavy (non-hydrogen) atoms. The fourth-order valence-corrected chi connectivity index (χ4v) is 4.59. The Morgan fingerprint density at radius 1 is 0.968 bits per heavy atom. The fraction of sp³-hybridized carbons (Fsp3) is 0.240. The number of amides is 1. The van der Waals surface area contributed by atoms with Crippen molar-refractivity contribution in [2.45, 2.75) is 19.2 Å². The zero-order valence-electron chi connectivity index (χ0n) is 17.3. The van der Waals surface area contributed by atoms with E-state index >= 15 is 0 Å². The van der Waals surface area contributed by atoms with Crippen molar-refractivity contribution in [1.29, 1.82) is 0 Å². The molecule has 0 radical (unpaired) electrons. The molecule has 158 valence electrons. The lowest BCUT2D eigenvalue weighted by molar-refractivity contribution is -0.220. The molecule has 0 N–H and O–H groups in total. The summed E-state index contributed by atoms with van der Waals surface area (Å²) >= 11 is 0. The van der Waals surface area contributed by atoms with Gasteiger partial charge in [0, 0.05) is 24.2 Å². The largest absolute Gasteiger partial charge is 0.494 e. The van der Waals surface area contributed by atoms with Crippen LogP contribution in [0.1, 0.15) is 34.0 Å². The third kappa shape index (κ3) is 3.10. The second kappa shape index (κ2) is 7.80. The van der Waals surface area contributed by atoms with Gasteiger partial charge < -0.3 is 9.64 Å². The number of ether oxygens (including phenoxy) is 1. The Kier molecular flexibility index (Phi) is 4.96. The first-order valence-corrected chi connectivity index (χ1v) is 10.4. The van der Waals surface area contributed by atoms with Crippen LogP contribution in [0.5, 0.6) is 5.75 Å². The van der Waals surface area contributed by atoms with Gasteiger partial charge in [0.15, 0.2) is 5.66 Å². The first-order chi connectivity index (χ1) is 15.1. The quantitative estimate of drug-likeness (QED) is 0.598. The summed E-state index contributed by atoms with van der Waals surface area (Å²) in [6, 6.07) is 21.8. The number of nitrogens with zero attached hydrogens (tertiary/aromatic N) is 2. The van der Waals surface area contributed by atoms with Gasteiger partial charge >= 0.3 is 0 Å². The Labute approximate surface area is 180 Å². The Morgan fingerprint density at radius 3 is 2.45 bits per heavy atom. The van der Waals surface area contributed by atoms with Crippen LogP contribution in [0.25, 0.3) is 0 Å². The van der Waals surface area contributed by atoms with E-state index in [9.17, 15) is 9.18 Å². The predicted octanol–water partition coefficient (Wildman–Crippen LogP) is 4.33. The average Bonchev–Trinajstić information content (AvgIpc) is 3.29. The predicted molar refractivity (Wildman–Crippen MR) is 114 cm³/mol. The molecule has 0 spiro atoms. The molecule has 3 aromatic carbocycles. The maximum Gasteiger partial charge on any atom is 0.256 e. The normalized spacial score (nSPS) is 20.1. The molecule has 0 aliphatic carbocycles. The van der Waals surface area contributed by atoms with E-state index in [-0.39, 0.29) is 18.3 Å². The summed E-state index contributed by atoms with van der Waals surface area (Å²) in [6.07, 6.45) is 0. The lowest BCUT2D eigenvalue weighted by Crippen LogP contribution is -2.49. The topological polar surface area (TPSA) is 42.0 Å². The van der Waals surface area contributed by atoms with Crippen LogP contribution in [-0.4, -0.2) is 35.6 Å². The highest BCUT2D eigenvalue weighted by molar-refractivity contribution is 6.01. The fourth-order valence-electron chi connectivity index (χ4n) is 4.59. The molecule has 1 unspecified atom stereocenters. The summed E-state index contributed by atoms with van der Waals surface area (Å²) in [6.45, 7) is 3.93. The standard InChI is InChI=1S/C25H23FN2O3/c1-2-30-21-13-9-19(10-14-21)25-23-6-4-3-5-22(23)24(29)27(25)15-16-28(25)31-17-18-7-11-20(26)12-8-18/h3-14H,2,15-17H2,1H3. The van der Waals surface area contributed by atoms with Gasteiger partial charge in [0.1, 0.15) is 11.6 Å². The van der Waals surface area contributed by atoms with Crippen LogP contribution in [0.2, 0.25) is 0 Å². The van der Waals surface area contributed by atoms with Crippen molar-refractivity contribution in [2.75, 3.05) is 19.7 Å². The van der Waals surface area contributed by atoms with Gasteiger partial charge in [-0.05, 0) is 48.4 Å². The smallest absolute Gasteiger partial charge is 0.256 e. The van der Waals surface area contributed by atoms with Crippen molar-refractivity contribution in [3.8, 4) is 5.75 Å². The van der Waals surface area contributed by atoms with Gasteiger partial charge in [-0.15, -0.1) is 0 Å². The van der Waals surface area contributed by atoms with Crippen molar-refractivity contribution in [3.63, 3.8) is 0 Å². The third-order valence-corrected chi connectivity index (χ3v) is 5.92. The van der Waals surface area contributed by atoms with Crippen molar-refractivity contribution < 1.29 is 18.8 Å². The molecule has 2 heterocycles. The molecule has 2 aliphatic rings. The SMILES string of the molecule is CCOc1ccc(C23c4ccccc4C(=O)N2CCN3OCc2ccc(F)cc2)cc1. The van der Waals surface area contributed by atoms with Gasteiger partial charge in [0.2, 0.25) is 0 Å². The van der Waals surface area contributed by atoms with Gasteiger partial charge in [0.05, 0.1) is 13.2 Å². The minimum absolute atomic E-state index is 0.00244. The number of hydrogen-bond acceptors (Lipinski definition) is 4. The van der Waals surface area contributed by atoms with Gasteiger partial charge in [-0.2, -0.15) is 5.06 Å². The van der Waals surface area contributed by atoms with E-state index < -0.39 is 5.66 Å². The van der Waals surface area contributed by atoms with Crippen molar-refractivity contribution in [3.05, 3.63) is 101 Å². The molecular formula is C25H23FN2O3. The first kappa shape index (κ1) is 19.7. The number of rotatable bonds is 6. The van der Waals surface area contributed by atoms with Gasteiger partial charge in [-0.3, -0.25) is 9.63 Å². The maximum atomic E-state index is 13.3. The molecule has 1 atom stereocenters. The summed E-state index contributed by atoms with van der Waals surface area (Å²) in [5, 5.41) is 1.88. The van der Waals surface area contributed by atoms with Crippen molar-refractivity contribution in [1.82, 2.24) is 9.96 Å². The lowest BCUT2D eigenvalue weighted by Gasteiger charge is -2.39. The molecule has 1 saturated heterocycles. The number of carbonyl (C=O) groups is 1. The molecule has 1 amide bonds. The molecule has 5 rings (SSSR count). The highest BCUT2D eigenvalue weighted by Crippen LogP contribution is 2.50. The molecule has 0 aromatic heterocycles. The van der Waals surface area contributed by atoms with Crippen LogP contribution < -0.4 is 4.74 Å². The van der Waals surface area contributed by atoms with E-state index in [1.54, 1.807) is 12.1 Å². The van der Waals surface area contributed by atoms with Gasteiger partial charge in [-0.25, -0.2) is 4.39 Å². The van der Waals surface area contributed by atoms with Crippen LogP contribution in [0, 0.1) is 5.82 Å². The molecule has 5 nitrogen and oxygen atoms in total. The summed E-state index contributed by atoms with van der Waals surface area (Å²) < 4.78 is 18.9. The number of hydroxylamine groups is 2. The van der Waals surface area contributed by atoms with Crippen molar-refractivity contribution >= 4 is 5.91 Å². The molecule has 0 bridgehead atoms. The number of hydrogen-bond donors (Lipinski definition) is 0. The maximum absolute atomic E-state index is 13.3. The first-order valence-electron chi connectivity index (χ1n) is 10.4. The zero-order valence-corrected chi connectivity index (χ0v) is 17.3. The summed E-state index contributed by atoms with van der Waals surface area (Å²) in [4.78, 5) is 21.4. The molecule has 2 aliphatic heterocycles. The Hall–Kier alpha value is -3.22. The van der Waals surface area contributed by atoms with Crippen LogP contribution in [0.15, 0.2) is 72.8 Å². The van der Waals surface area contributed by atoms with Gasteiger partial charge in [-0.1, -0.05) is 42.5 Å². The van der Waals surface area contributed by atoms with Crippen LogP contribution >= 0.6 is 0 Å². The van der Waals surface area contributed by atoms with Crippen LogP contribution in [0.3, 0.4) is 0 Å². The van der Waals surface area contributed by atoms with Crippen LogP contribution in [-0.2, 0) is 17.1 Å². The lowest BCUT2D eigenvalue weighted by atomic mass is 9.91. The van der Waals surface area contributed by atoms with Gasteiger partial charge in [0.25, 0.3) is 5.91 Å². The summed E-state index contributed by atoms with van der Waals surface area (Å²) in [5.41, 5.74) is 2.54. The molecule has 3 aromatic rings. The third-order valence-electron chi connectivity index (χ3n) is 5.92. The van der Waals surface area contributed by atoms with E-state index in [4.69, 9.17) is 9.57 Å². The number of benzene rings is 3. The monoisotopic (exact) mass is 418 g/mol. The number of carbonyl (C=O) groups excluding carboxylic acids is 1. The Balaban J connectivity index is 1.56. The van der Waals surface area contributed by atoms with E-state index in [0.717, 1.165) is 22.4 Å². The van der Waals surface area contributed by atoms with E-state index in [1.165, 1.54) is 12.1 Å². The molecule has 0 saturated carbocycles. The summed E-state index contributed by atoms with van der Waals surface area (Å²) in [7, 11) is 0. The van der Waals surface area contributed by atoms with E-state index in [1.807, 2.05) is 65.4 Å². The Bertz CT molecular complexity index is 1100. The van der Waals surface area contributed by atoms with Crippen LogP contribution in [0.4, 0.5) is 4.39 Å².